The standard InChI is InChI=1S/C44H59ClN2O9/c1-6-20-47(42(51)52-24-19-45)39-28-37(46-56-43(3,4)5)35-26-31(14-8-10-21-48)34(16-9-11-22-49)40-36-27-33(54-32-15-12-13-30(25-32)29-50)17-18-38(36)55-44(39,41(35)40)53-23-7-2/h7,12-13,15,17-18,25-27,29,31,34,39-41,48-49H,2,6,8-11,14,16,19-24,28H2,1,3-5H3/t31-,34+,39-,40+,41+,44+/m0/s1. The summed E-state index contributed by atoms with van der Waals surface area (Å²) in [7, 11) is 0. The van der Waals surface area contributed by atoms with Crippen LogP contribution in [0.4, 0.5) is 4.79 Å². The number of hydrogen-bond donors (Lipinski definition) is 2. The third-order valence-electron chi connectivity index (χ3n) is 10.7. The molecule has 0 bridgehead atoms. The second kappa shape index (κ2) is 20.0. The summed E-state index contributed by atoms with van der Waals surface area (Å²) in [5, 5.41) is 24.6. The molecular weight excluding hydrogens is 736 g/mol. The number of unbranched alkanes of at least 4 members (excludes halogenated alkanes) is 2. The molecule has 2 aromatic rings. The lowest BCUT2D eigenvalue weighted by atomic mass is 9.55. The van der Waals surface area contributed by atoms with Crippen molar-refractivity contribution in [1.29, 1.82) is 0 Å². The summed E-state index contributed by atoms with van der Waals surface area (Å²) >= 11 is 6.00. The largest absolute Gasteiger partial charge is 0.459 e. The van der Waals surface area contributed by atoms with E-state index >= 15 is 0 Å². The molecule has 5 rings (SSSR count). The number of carbonyl (C=O) groups excluding carboxylic acids is 2. The molecule has 3 aliphatic rings. The molecule has 2 N–H and O–H groups in total. The van der Waals surface area contributed by atoms with E-state index in [1.54, 1.807) is 29.2 Å². The van der Waals surface area contributed by atoms with Gasteiger partial charge in [0.25, 0.3) is 0 Å². The first-order chi connectivity index (χ1) is 27.0. The van der Waals surface area contributed by atoms with Crippen LogP contribution in [-0.4, -0.2) is 89.5 Å². The molecule has 12 heteroatoms. The Morgan fingerprint density at radius 2 is 1.84 bits per heavy atom. The summed E-state index contributed by atoms with van der Waals surface area (Å²) in [4.78, 5) is 33.5. The normalized spacial score (nSPS) is 24.6. The molecule has 56 heavy (non-hydrogen) atoms. The second-order valence-corrected chi connectivity index (χ2v) is 16.1. The van der Waals surface area contributed by atoms with Crippen LogP contribution in [0.5, 0.6) is 17.2 Å². The van der Waals surface area contributed by atoms with E-state index < -0.39 is 29.4 Å². The van der Waals surface area contributed by atoms with E-state index in [0.717, 1.165) is 43.1 Å². The molecule has 1 heterocycles. The number of aldehydes is 1. The van der Waals surface area contributed by atoms with Crippen molar-refractivity contribution < 1.29 is 43.6 Å². The zero-order valence-electron chi connectivity index (χ0n) is 33.3. The van der Waals surface area contributed by atoms with Gasteiger partial charge in [-0.1, -0.05) is 49.2 Å². The fraction of sp³-hybridized carbons (Fsp3) is 0.568. The number of oxime groups is 1. The number of carbonyl (C=O) groups is 2. The first kappa shape index (κ1) is 43.2. The lowest BCUT2D eigenvalue weighted by Crippen LogP contribution is -2.70. The van der Waals surface area contributed by atoms with Crippen molar-refractivity contribution in [3.63, 3.8) is 0 Å². The van der Waals surface area contributed by atoms with E-state index in [1.807, 2.05) is 52.0 Å². The number of nitrogens with zero attached hydrogens (tertiary/aromatic N) is 2. The Balaban J connectivity index is 1.79. The van der Waals surface area contributed by atoms with Gasteiger partial charge in [-0.25, -0.2) is 4.79 Å². The van der Waals surface area contributed by atoms with Crippen LogP contribution in [0.3, 0.4) is 0 Å². The van der Waals surface area contributed by atoms with E-state index in [4.69, 9.17) is 40.5 Å². The van der Waals surface area contributed by atoms with E-state index in [2.05, 4.69) is 12.7 Å². The van der Waals surface area contributed by atoms with Crippen LogP contribution < -0.4 is 9.47 Å². The molecule has 1 aliphatic heterocycles. The summed E-state index contributed by atoms with van der Waals surface area (Å²) in [6.07, 6.45) is 9.73. The maximum absolute atomic E-state index is 14.0. The highest BCUT2D eigenvalue weighted by atomic mass is 35.5. The predicted molar refractivity (Wildman–Crippen MR) is 217 cm³/mol. The third kappa shape index (κ3) is 9.96. The fourth-order valence-corrected chi connectivity index (χ4v) is 8.59. The number of amides is 1. The number of aliphatic hydroxyl groups excluding tert-OH is 2. The van der Waals surface area contributed by atoms with Gasteiger partial charge < -0.3 is 34.0 Å². The van der Waals surface area contributed by atoms with Crippen LogP contribution in [0.25, 0.3) is 0 Å². The smallest absolute Gasteiger partial charge is 0.410 e. The van der Waals surface area contributed by atoms with Crippen molar-refractivity contribution in [2.75, 3.05) is 38.9 Å². The number of hydrogen-bond acceptors (Lipinski definition) is 10. The number of rotatable bonds is 20. The van der Waals surface area contributed by atoms with E-state index in [1.165, 1.54) is 0 Å². The summed E-state index contributed by atoms with van der Waals surface area (Å²) in [5.41, 5.74) is 2.47. The maximum atomic E-state index is 14.0. The molecule has 0 radical (unpaired) electrons. The van der Waals surface area contributed by atoms with Crippen LogP contribution >= 0.6 is 11.6 Å². The molecule has 1 amide bonds. The first-order valence-electron chi connectivity index (χ1n) is 20.0. The monoisotopic (exact) mass is 794 g/mol. The van der Waals surface area contributed by atoms with Gasteiger partial charge in [0.2, 0.25) is 5.79 Å². The molecule has 1 fully saturated rings. The van der Waals surface area contributed by atoms with Crippen molar-refractivity contribution >= 4 is 29.7 Å². The lowest BCUT2D eigenvalue weighted by Gasteiger charge is -2.60. The fourth-order valence-electron chi connectivity index (χ4n) is 8.52. The van der Waals surface area contributed by atoms with Gasteiger partial charge in [0.1, 0.15) is 41.8 Å². The highest BCUT2D eigenvalue weighted by molar-refractivity contribution is 6.18. The van der Waals surface area contributed by atoms with E-state index in [9.17, 15) is 19.8 Å². The van der Waals surface area contributed by atoms with E-state index in [0.29, 0.717) is 54.3 Å². The minimum atomic E-state index is -1.40. The maximum Gasteiger partial charge on any atom is 0.410 e. The van der Waals surface area contributed by atoms with Crippen molar-refractivity contribution in [2.24, 2.45) is 22.9 Å². The molecule has 0 unspecified atom stereocenters. The van der Waals surface area contributed by atoms with Crippen molar-refractivity contribution in [2.45, 2.75) is 102 Å². The lowest BCUT2D eigenvalue weighted by molar-refractivity contribution is -0.255. The number of alkyl halides is 1. The molecule has 0 saturated heterocycles. The Kier molecular flexibility index (Phi) is 15.4. The Labute approximate surface area is 336 Å². The third-order valence-corrected chi connectivity index (χ3v) is 10.8. The van der Waals surface area contributed by atoms with E-state index in [-0.39, 0.29) is 56.5 Å². The Hall–Kier alpha value is -3.90. The van der Waals surface area contributed by atoms with Gasteiger partial charge in [-0.15, -0.1) is 18.2 Å². The molecule has 1 saturated carbocycles. The average Bonchev–Trinajstić information content (AvgIpc) is 3.18. The topological polar surface area (TPSA) is 136 Å². The number of benzene rings is 2. The summed E-state index contributed by atoms with van der Waals surface area (Å²) in [5.74, 6) is -0.126. The quantitative estimate of drug-likeness (QED) is 0.0443. The molecule has 306 valence electrons. The van der Waals surface area contributed by atoms with Crippen molar-refractivity contribution in [3.05, 3.63) is 77.9 Å². The molecule has 0 aromatic heterocycles. The van der Waals surface area contributed by atoms with Crippen LogP contribution in [0.15, 0.2) is 71.9 Å². The number of fused-ring (bicyclic) bond motifs is 2. The van der Waals surface area contributed by atoms with Gasteiger partial charge in [-0.05, 0) is 101 Å². The second-order valence-electron chi connectivity index (χ2n) is 15.8. The summed E-state index contributed by atoms with van der Waals surface area (Å²) in [6.45, 7) is 12.6. The zero-order valence-corrected chi connectivity index (χ0v) is 34.0. The molecule has 6 atom stereocenters. The minimum Gasteiger partial charge on any atom is -0.459 e. The Morgan fingerprint density at radius 1 is 1.09 bits per heavy atom. The Bertz CT molecular complexity index is 1710. The summed E-state index contributed by atoms with van der Waals surface area (Å²) < 4.78 is 26.3. The minimum absolute atomic E-state index is 0.0448. The molecule has 2 aliphatic carbocycles. The van der Waals surface area contributed by atoms with Crippen LogP contribution in [0.1, 0.15) is 101 Å². The zero-order chi connectivity index (χ0) is 40.3. The number of aliphatic hydroxyl groups is 2. The highest BCUT2D eigenvalue weighted by Crippen LogP contribution is 2.62. The number of halogens is 1. The van der Waals surface area contributed by atoms with Gasteiger partial charge in [0.05, 0.1) is 24.1 Å². The Morgan fingerprint density at radius 3 is 2.52 bits per heavy atom. The van der Waals surface area contributed by atoms with Gasteiger partial charge in [-0.3, -0.25) is 9.69 Å². The van der Waals surface area contributed by atoms with Crippen molar-refractivity contribution in [1.82, 2.24) is 4.90 Å². The van der Waals surface area contributed by atoms with Crippen LogP contribution in [0.2, 0.25) is 0 Å². The average molecular weight is 795 g/mol. The first-order valence-corrected chi connectivity index (χ1v) is 20.6. The SMILES string of the molecule is C=CCO[C@@]12Oc3ccc(Oc4cccc(C=O)c4)cc3[C@H]3[C@H](CCCCO)[C@@H](CCCCO)C=C(C(=NOC(C)(C)C)C[C@@H]1N(CCC)C(=O)OCCCl)[C@H]32. The van der Waals surface area contributed by atoms with Crippen LogP contribution in [0, 0.1) is 17.8 Å². The van der Waals surface area contributed by atoms with Gasteiger partial charge >= 0.3 is 6.09 Å². The van der Waals surface area contributed by atoms with Gasteiger partial charge in [-0.2, -0.15) is 0 Å². The molecular formula is C44H59ClN2O9. The van der Waals surface area contributed by atoms with Crippen LogP contribution in [-0.2, 0) is 14.3 Å². The summed E-state index contributed by atoms with van der Waals surface area (Å²) in [6, 6.07) is 12.1. The van der Waals surface area contributed by atoms with Crippen molar-refractivity contribution in [3.8, 4) is 17.2 Å². The molecule has 11 nitrogen and oxygen atoms in total. The predicted octanol–water partition coefficient (Wildman–Crippen LogP) is 8.81. The highest BCUT2D eigenvalue weighted by Gasteiger charge is 2.65. The molecule has 2 aromatic carbocycles. The van der Waals surface area contributed by atoms with Gasteiger partial charge in [0.15, 0.2) is 0 Å². The number of allylic oxidation sites excluding steroid dienone is 1. The van der Waals surface area contributed by atoms with Gasteiger partial charge in [0, 0.05) is 43.2 Å². The number of ether oxygens (including phenoxy) is 4. The molecule has 0 spiro atoms.